The number of nitrogens with one attached hydrogen (secondary N) is 1. The standard InChI is InChI=1S/C13H16ClNO3/c1-17-12-3-2-10(14)6-9(12)7-11(16)13-8-15-4-5-18-13/h2-3,6,13,15H,4-5,7-8H2,1H3. The Balaban J connectivity index is 2.07. The van der Waals surface area contributed by atoms with Crippen LogP contribution < -0.4 is 10.1 Å². The Hall–Kier alpha value is -1.10. The molecule has 2 rings (SSSR count). The maximum Gasteiger partial charge on any atom is 0.167 e. The van der Waals surface area contributed by atoms with Crippen LogP contribution in [-0.4, -0.2) is 38.7 Å². The smallest absolute Gasteiger partial charge is 0.167 e. The highest BCUT2D eigenvalue weighted by Crippen LogP contribution is 2.23. The fraction of sp³-hybridized carbons (Fsp3) is 0.462. The van der Waals surface area contributed by atoms with Crippen LogP contribution in [0, 0.1) is 0 Å². The van der Waals surface area contributed by atoms with Gasteiger partial charge >= 0.3 is 0 Å². The Morgan fingerprint density at radius 1 is 1.61 bits per heavy atom. The average Bonchev–Trinajstić information content (AvgIpc) is 2.40. The molecular formula is C13H16ClNO3. The number of hydrogen-bond acceptors (Lipinski definition) is 4. The van der Waals surface area contributed by atoms with Crippen LogP contribution in [0.4, 0.5) is 0 Å². The van der Waals surface area contributed by atoms with Gasteiger partial charge in [0.2, 0.25) is 0 Å². The third kappa shape index (κ3) is 3.22. The van der Waals surface area contributed by atoms with Crippen LogP contribution >= 0.6 is 11.6 Å². The molecule has 1 heterocycles. The SMILES string of the molecule is COc1ccc(Cl)cc1CC(=O)C1CNCCO1. The van der Waals surface area contributed by atoms with Gasteiger partial charge in [-0.2, -0.15) is 0 Å². The van der Waals surface area contributed by atoms with E-state index in [9.17, 15) is 4.79 Å². The molecule has 0 saturated carbocycles. The highest BCUT2D eigenvalue weighted by molar-refractivity contribution is 6.30. The number of ketones is 1. The number of carbonyl (C=O) groups excluding carboxylic acids is 1. The molecule has 0 bridgehead atoms. The van der Waals surface area contributed by atoms with Gasteiger partial charge in [-0.25, -0.2) is 0 Å². The number of Topliss-reactive ketones (excluding diaryl/α,β-unsaturated/α-hetero) is 1. The lowest BCUT2D eigenvalue weighted by Crippen LogP contribution is -2.43. The minimum atomic E-state index is -0.373. The first-order chi connectivity index (χ1) is 8.70. The molecule has 0 radical (unpaired) electrons. The molecule has 18 heavy (non-hydrogen) atoms. The van der Waals surface area contributed by atoms with Crippen molar-refractivity contribution in [3.8, 4) is 5.75 Å². The van der Waals surface area contributed by atoms with Crippen LogP contribution in [0.25, 0.3) is 0 Å². The molecule has 1 unspecified atom stereocenters. The largest absolute Gasteiger partial charge is 0.496 e. The van der Waals surface area contributed by atoms with Crippen molar-refractivity contribution in [1.29, 1.82) is 0 Å². The summed E-state index contributed by atoms with van der Waals surface area (Å²) in [5.74, 6) is 0.722. The van der Waals surface area contributed by atoms with E-state index >= 15 is 0 Å². The first-order valence-corrected chi connectivity index (χ1v) is 6.26. The van der Waals surface area contributed by atoms with Crippen LogP contribution in [0.3, 0.4) is 0 Å². The van der Waals surface area contributed by atoms with Gasteiger partial charge < -0.3 is 14.8 Å². The number of rotatable bonds is 4. The molecule has 0 spiro atoms. The van der Waals surface area contributed by atoms with Crippen molar-refractivity contribution >= 4 is 17.4 Å². The van der Waals surface area contributed by atoms with Crippen molar-refractivity contribution in [3.05, 3.63) is 28.8 Å². The molecule has 0 aromatic heterocycles. The van der Waals surface area contributed by atoms with E-state index in [4.69, 9.17) is 21.1 Å². The Bertz CT molecular complexity index is 430. The fourth-order valence-electron chi connectivity index (χ4n) is 1.96. The van der Waals surface area contributed by atoms with Gasteiger partial charge in [0.1, 0.15) is 11.9 Å². The van der Waals surface area contributed by atoms with Gasteiger partial charge in [-0.05, 0) is 18.2 Å². The van der Waals surface area contributed by atoms with Crippen molar-refractivity contribution in [2.45, 2.75) is 12.5 Å². The molecule has 1 aliphatic heterocycles. The van der Waals surface area contributed by atoms with E-state index < -0.39 is 0 Å². The minimum absolute atomic E-state index is 0.0442. The van der Waals surface area contributed by atoms with E-state index in [0.29, 0.717) is 23.9 Å². The summed E-state index contributed by atoms with van der Waals surface area (Å²) in [5.41, 5.74) is 0.796. The normalized spacial score (nSPS) is 19.6. The molecule has 0 aliphatic carbocycles. The number of benzene rings is 1. The first kappa shape index (κ1) is 13.3. The zero-order valence-electron chi connectivity index (χ0n) is 10.2. The summed E-state index contributed by atoms with van der Waals surface area (Å²) in [5, 5.41) is 3.74. The average molecular weight is 270 g/mol. The number of methoxy groups -OCH3 is 1. The molecule has 5 heteroatoms. The summed E-state index contributed by atoms with van der Waals surface area (Å²) in [6.07, 6.45) is -0.0989. The summed E-state index contributed by atoms with van der Waals surface area (Å²) in [6, 6.07) is 5.27. The quantitative estimate of drug-likeness (QED) is 0.899. The first-order valence-electron chi connectivity index (χ1n) is 5.88. The number of carbonyl (C=O) groups is 1. The zero-order valence-corrected chi connectivity index (χ0v) is 11.0. The zero-order chi connectivity index (χ0) is 13.0. The van der Waals surface area contributed by atoms with E-state index in [1.54, 1.807) is 25.3 Å². The molecule has 98 valence electrons. The van der Waals surface area contributed by atoms with Gasteiger partial charge in [0.05, 0.1) is 13.7 Å². The highest BCUT2D eigenvalue weighted by atomic mass is 35.5. The van der Waals surface area contributed by atoms with Crippen LogP contribution in [-0.2, 0) is 16.0 Å². The summed E-state index contributed by atoms with van der Waals surface area (Å²) < 4.78 is 10.7. The predicted octanol–water partition coefficient (Wildman–Crippen LogP) is 1.45. The van der Waals surface area contributed by atoms with Crippen LogP contribution in [0.15, 0.2) is 18.2 Å². The van der Waals surface area contributed by atoms with Crippen LogP contribution in [0.2, 0.25) is 5.02 Å². The highest BCUT2D eigenvalue weighted by Gasteiger charge is 2.22. The number of morpholine rings is 1. The lowest BCUT2D eigenvalue weighted by Gasteiger charge is -2.22. The van der Waals surface area contributed by atoms with Crippen molar-refractivity contribution in [1.82, 2.24) is 5.32 Å². The third-order valence-corrected chi connectivity index (χ3v) is 3.13. The van der Waals surface area contributed by atoms with Crippen molar-refractivity contribution in [2.24, 2.45) is 0 Å². The third-order valence-electron chi connectivity index (χ3n) is 2.89. The monoisotopic (exact) mass is 269 g/mol. The van der Waals surface area contributed by atoms with Crippen molar-refractivity contribution < 1.29 is 14.3 Å². The second-order valence-corrected chi connectivity index (χ2v) is 4.60. The van der Waals surface area contributed by atoms with Crippen LogP contribution in [0.1, 0.15) is 5.56 Å². The molecular weight excluding hydrogens is 254 g/mol. The molecule has 1 atom stereocenters. The lowest BCUT2D eigenvalue weighted by atomic mass is 10.0. The van der Waals surface area contributed by atoms with Crippen molar-refractivity contribution in [2.75, 3.05) is 26.8 Å². The molecule has 1 aliphatic rings. The van der Waals surface area contributed by atoms with E-state index in [1.165, 1.54) is 0 Å². The molecule has 0 amide bonds. The van der Waals surface area contributed by atoms with Gasteiger partial charge in [-0.3, -0.25) is 4.79 Å². The molecule has 1 N–H and O–H groups in total. The summed E-state index contributed by atoms with van der Waals surface area (Å²) >= 11 is 5.93. The molecule has 1 saturated heterocycles. The van der Waals surface area contributed by atoms with Crippen LogP contribution in [0.5, 0.6) is 5.75 Å². The second kappa shape index (κ2) is 6.18. The summed E-state index contributed by atoms with van der Waals surface area (Å²) in [6.45, 7) is 1.94. The van der Waals surface area contributed by atoms with Gasteiger partial charge in [-0.1, -0.05) is 11.6 Å². The summed E-state index contributed by atoms with van der Waals surface area (Å²) in [7, 11) is 1.58. The minimum Gasteiger partial charge on any atom is -0.496 e. The molecule has 1 fully saturated rings. The maximum absolute atomic E-state index is 12.1. The van der Waals surface area contributed by atoms with Gasteiger partial charge in [0, 0.05) is 30.1 Å². The van der Waals surface area contributed by atoms with Gasteiger partial charge in [-0.15, -0.1) is 0 Å². The number of ether oxygens (including phenoxy) is 2. The Morgan fingerprint density at radius 2 is 2.44 bits per heavy atom. The van der Waals surface area contributed by atoms with Gasteiger partial charge in [0.15, 0.2) is 5.78 Å². The van der Waals surface area contributed by atoms with E-state index in [-0.39, 0.29) is 18.3 Å². The fourth-order valence-corrected chi connectivity index (χ4v) is 2.15. The van der Waals surface area contributed by atoms with E-state index in [1.807, 2.05) is 0 Å². The predicted molar refractivity (Wildman–Crippen MR) is 69.3 cm³/mol. The molecule has 1 aromatic rings. The van der Waals surface area contributed by atoms with E-state index in [0.717, 1.165) is 12.1 Å². The van der Waals surface area contributed by atoms with E-state index in [2.05, 4.69) is 5.32 Å². The second-order valence-electron chi connectivity index (χ2n) is 4.16. The summed E-state index contributed by atoms with van der Waals surface area (Å²) in [4.78, 5) is 12.1. The molecule has 4 nitrogen and oxygen atoms in total. The Morgan fingerprint density at radius 3 is 3.11 bits per heavy atom. The number of halogens is 1. The molecule has 1 aromatic carbocycles. The van der Waals surface area contributed by atoms with Gasteiger partial charge in [0.25, 0.3) is 0 Å². The maximum atomic E-state index is 12.1. The Labute approximate surface area is 111 Å². The Kier molecular flexibility index (Phi) is 4.58. The number of hydrogen-bond donors (Lipinski definition) is 1. The topological polar surface area (TPSA) is 47.6 Å². The lowest BCUT2D eigenvalue weighted by molar-refractivity contribution is -0.131. The van der Waals surface area contributed by atoms with Crippen molar-refractivity contribution in [3.63, 3.8) is 0 Å².